The van der Waals surface area contributed by atoms with Crippen LogP contribution in [0.5, 0.6) is 0 Å². The lowest BCUT2D eigenvalue weighted by molar-refractivity contribution is 0.330. The number of hydrogen-bond donors (Lipinski definition) is 0. The van der Waals surface area contributed by atoms with E-state index in [4.69, 9.17) is 8.85 Å². The van der Waals surface area contributed by atoms with Gasteiger partial charge >= 0.3 is 0 Å². The number of epoxide rings is 1. The lowest BCUT2D eigenvalue weighted by atomic mass is 9.87. The third-order valence-corrected chi connectivity index (χ3v) is 15.0. The average Bonchev–Trinajstić information content (AvgIpc) is 3.42. The average molecular weight is 381 g/mol. The van der Waals surface area contributed by atoms with Crippen LogP contribution >= 0.6 is 0 Å². The first-order chi connectivity index (χ1) is 11.8. The Kier molecular flexibility index (Phi) is 5.29. The zero-order valence-electron chi connectivity index (χ0n) is 17.1. The minimum Gasteiger partial charge on any atom is -0.455 e. The standard InChI is InChI=1S/C21H40O2Si2/c1-24(2,11-9-16-5-7-18-15-19(18)13-16)23-25(3,4)12-10-17-6-8-20-21(14-17)22-20/h16-21H,5-15H2,1-4H3. The largest absolute Gasteiger partial charge is 0.455 e. The van der Waals surface area contributed by atoms with Gasteiger partial charge in [-0.25, -0.2) is 0 Å². The van der Waals surface area contributed by atoms with Crippen LogP contribution in [0.25, 0.3) is 0 Å². The maximum Gasteiger partial charge on any atom is 0.173 e. The maximum atomic E-state index is 6.93. The summed E-state index contributed by atoms with van der Waals surface area (Å²) >= 11 is 0. The predicted octanol–water partition coefficient (Wildman–Crippen LogP) is 6.20. The third-order valence-electron chi connectivity index (χ3n) is 7.63. The van der Waals surface area contributed by atoms with E-state index in [2.05, 4.69) is 26.2 Å². The van der Waals surface area contributed by atoms with Gasteiger partial charge in [-0.1, -0.05) is 19.3 Å². The van der Waals surface area contributed by atoms with Gasteiger partial charge in [0.15, 0.2) is 16.6 Å². The normalized spacial score (nSPS) is 40.3. The fourth-order valence-corrected chi connectivity index (χ4v) is 14.9. The van der Waals surface area contributed by atoms with Crippen LogP contribution in [0.4, 0.5) is 0 Å². The molecule has 0 N–H and O–H groups in total. The van der Waals surface area contributed by atoms with E-state index in [0.29, 0.717) is 12.2 Å². The molecule has 0 aromatic rings. The molecule has 25 heavy (non-hydrogen) atoms. The highest BCUT2D eigenvalue weighted by Gasteiger charge is 2.44. The minimum absolute atomic E-state index is 0.636. The molecule has 0 bridgehead atoms. The molecule has 1 heterocycles. The van der Waals surface area contributed by atoms with E-state index in [1.54, 1.807) is 12.8 Å². The van der Waals surface area contributed by atoms with Gasteiger partial charge < -0.3 is 8.85 Å². The Morgan fingerprint density at radius 3 is 2.00 bits per heavy atom. The summed E-state index contributed by atoms with van der Waals surface area (Å²) in [5.74, 6) is 4.20. The van der Waals surface area contributed by atoms with Gasteiger partial charge in [0.25, 0.3) is 0 Å². The molecule has 1 aliphatic heterocycles. The van der Waals surface area contributed by atoms with Gasteiger partial charge in [0.2, 0.25) is 0 Å². The fraction of sp³-hybridized carbons (Fsp3) is 1.00. The van der Waals surface area contributed by atoms with Crippen molar-refractivity contribution in [3.63, 3.8) is 0 Å². The summed E-state index contributed by atoms with van der Waals surface area (Å²) in [7, 11) is -2.99. The number of ether oxygens (including phenoxy) is 1. The molecule has 4 rings (SSSR count). The van der Waals surface area contributed by atoms with E-state index in [1.165, 1.54) is 57.0 Å². The van der Waals surface area contributed by atoms with Gasteiger partial charge in [-0.15, -0.1) is 0 Å². The van der Waals surface area contributed by atoms with Crippen LogP contribution in [0, 0.1) is 23.7 Å². The molecule has 6 atom stereocenters. The quantitative estimate of drug-likeness (QED) is 0.369. The number of fused-ring (bicyclic) bond motifs is 2. The van der Waals surface area contributed by atoms with Gasteiger partial charge in [0.05, 0.1) is 12.2 Å². The van der Waals surface area contributed by atoms with E-state index in [0.717, 1.165) is 23.7 Å². The summed E-state index contributed by atoms with van der Waals surface area (Å²) in [6.07, 6.45) is 14.3. The number of hydrogen-bond acceptors (Lipinski definition) is 2. The minimum atomic E-state index is -1.50. The molecule has 0 aromatic carbocycles. The summed E-state index contributed by atoms with van der Waals surface area (Å²) in [6, 6.07) is 2.76. The monoisotopic (exact) mass is 380 g/mol. The summed E-state index contributed by atoms with van der Waals surface area (Å²) in [5.41, 5.74) is 0. The molecule has 4 heteroatoms. The molecule has 0 aromatic heterocycles. The second kappa shape index (κ2) is 7.07. The Balaban J connectivity index is 1.18. The summed E-state index contributed by atoms with van der Waals surface area (Å²) < 4.78 is 12.6. The van der Waals surface area contributed by atoms with E-state index in [1.807, 2.05) is 0 Å². The maximum absolute atomic E-state index is 6.93. The Morgan fingerprint density at radius 1 is 0.720 bits per heavy atom. The molecule has 0 amide bonds. The van der Waals surface area contributed by atoms with E-state index in [-0.39, 0.29) is 0 Å². The summed E-state index contributed by atoms with van der Waals surface area (Å²) in [5, 5.41) is 0. The Bertz CT molecular complexity index is 437. The SMILES string of the molecule is C[Si](C)(CCC1CCC2CC2C1)O[Si](C)(C)CCC1CCC2OC2C1. The molecular formula is C21H40O2Si2. The second-order valence-corrected chi connectivity index (χ2v) is 19.9. The topological polar surface area (TPSA) is 21.8 Å². The molecule has 6 unspecified atom stereocenters. The van der Waals surface area contributed by atoms with Crippen LogP contribution in [-0.4, -0.2) is 28.8 Å². The fourth-order valence-electron chi connectivity index (χ4n) is 5.91. The van der Waals surface area contributed by atoms with E-state index >= 15 is 0 Å². The van der Waals surface area contributed by atoms with Crippen LogP contribution in [0.1, 0.15) is 57.8 Å². The van der Waals surface area contributed by atoms with Gasteiger partial charge in [-0.3, -0.25) is 0 Å². The van der Waals surface area contributed by atoms with Crippen LogP contribution in [-0.2, 0) is 8.85 Å². The first kappa shape index (κ1) is 18.7. The Hall–Kier alpha value is 0.354. The Morgan fingerprint density at radius 2 is 1.36 bits per heavy atom. The van der Waals surface area contributed by atoms with Crippen LogP contribution in [0.3, 0.4) is 0 Å². The zero-order chi connectivity index (χ0) is 17.7. The van der Waals surface area contributed by atoms with Gasteiger partial charge in [0.1, 0.15) is 0 Å². The molecule has 144 valence electrons. The van der Waals surface area contributed by atoms with Gasteiger partial charge in [-0.05, 0) is 100 Å². The van der Waals surface area contributed by atoms with Gasteiger partial charge in [-0.2, -0.15) is 0 Å². The molecule has 0 spiro atoms. The van der Waals surface area contributed by atoms with Crippen molar-refractivity contribution in [1.29, 1.82) is 0 Å². The molecule has 3 saturated carbocycles. The molecule has 4 aliphatic rings. The van der Waals surface area contributed by atoms with E-state index in [9.17, 15) is 0 Å². The Labute approximate surface area is 157 Å². The van der Waals surface area contributed by atoms with Crippen molar-refractivity contribution in [1.82, 2.24) is 0 Å². The van der Waals surface area contributed by atoms with Crippen molar-refractivity contribution in [2.24, 2.45) is 23.7 Å². The lowest BCUT2D eigenvalue weighted by Crippen LogP contribution is -2.44. The van der Waals surface area contributed by atoms with Crippen molar-refractivity contribution >= 4 is 16.6 Å². The molecule has 3 aliphatic carbocycles. The van der Waals surface area contributed by atoms with Crippen molar-refractivity contribution in [3.05, 3.63) is 0 Å². The molecule has 1 saturated heterocycles. The first-order valence-electron chi connectivity index (χ1n) is 11.2. The van der Waals surface area contributed by atoms with Crippen LogP contribution in [0.2, 0.25) is 38.3 Å². The second-order valence-electron chi connectivity index (χ2n) is 11.0. The highest BCUT2D eigenvalue weighted by atomic mass is 28.4. The highest BCUT2D eigenvalue weighted by Crippen LogP contribution is 2.52. The van der Waals surface area contributed by atoms with Crippen LogP contribution < -0.4 is 0 Å². The molecule has 2 nitrogen and oxygen atoms in total. The van der Waals surface area contributed by atoms with Crippen molar-refractivity contribution in [2.75, 3.05) is 0 Å². The predicted molar refractivity (Wildman–Crippen MR) is 110 cm³/mol. The molecule has 0 radical (unpaired) electrons. The van der Waals surface area contributed by atoms with E-state index < -0.39 is 16.6 Å². The highest BCUT2D eigenvalue weighted by molar-refractivity contribution is 6.84. The summed E-state index contributed by atoms with van der Waals surface area (Å²) in [6.45, 7) is 9.95. The molecule has 4 fully saturated rings. The smallest absolute Gasteiger partial charge is 0.173 e. The van der Waals surface area contributed by atoms with Gasteiger partial charge in [0, 0.05) is 0 Å². The zero-order valence-corrected chi connectivity index (χ0v) is 19.1. The number of rotatable bonds is 8. The van der Waals surface area contributed by atoms with Crippen molar-refractivity contribution < 1.29 is 8.85 Å². The first-order valence-corrected chi connectivity index (χ1v) is 17.4. The summed E-state index contributed by atoms with van der Waals surface area (Å²) in [4.78, 5) is 0. The van der Waals surface area contributed by atoms with Crippen molar-refractivity contribution in [2.45, 2.75) is 108 Å². The lowest BCUT2D eigenvalue weighted by Gasteiger charge is -2.36. The van der Waals surface area contributed by atoms with Crippen molar-refractivity contribution in [3.8, 4) is 0 Å². The van der Waals surface area contributed by atoms with Crippen LogP contribution in [0.15, 0.2) is 0 Å². The third kappa shape index (κ3) is 5.20. The molecular weight excluding hydrogens is 340 g/mol.